The van der Waals surface area contributed by atoms with E-state index >= 15 is 0 Å². The first-order chi connectivity index (χ1) is 18.9. The average Bonchev–Trinajstić information content (AvgIpc) is 3.28. The fourth-order valence-electron chi connectivity index (χ4n) is 4.38. The number of nitrogens with one attached hydrogen (secondary N) is 1. The van der Waals surface area contributed by atoms with Gasteiger partial charge in [0.15, 0.2) is 0 Å². The Bertz CT molecular complexity index is 1560. The standard InChI is InChI=1S/C28H27N7O4/c1-18-24(28(36)33-25(30)13-21-17-38-12-11-35(21)37)16-34-27(18)26(19(14-29)15-31-34)32-20-7-9-23(10-8-20)39-22-5-3-2-4-6-22/h2-10,15-16,21,32,37H,11-13,17H2,1H3,(H2,30,33,36). The number of aryl methyl sites for hydroxylation is 1. The fourth-order valence-corrected chi connectivity index (χ4v) is 4.38. The summed E-state index contributed by atoms with van der Waals surface area (Å²) in [4.78, 5) is 17.1. The summed E-state index contributed by atoms with van der Waals surface area (Å²) < 4.78 is 12.8. The summed E-state index contributed by atoms with van der Waals surface area (Å²) in [7, 11) is 0. The van der Waals surface area contributed by atoms with Crippen LogP contribution in [0.15, 0.2) is 72.0 Å². The highest BCUT2D eigenvalue weighted by Gasteiger charge is 2.24. The molecule has 1 aliphatic heterocycles. The van der Waals surface area contributed by atoms with Gasteiger partial charge in [0.25, 0.3) is 5.91 Å². The minimum atomic E-state index is -0.538. The van der Waals surface area contributed by atoms with E-state index in [1.165, 1.54) is 10.7 Å². The molecule has 0 radical (unpaired) electrons. The van der Waals surface area contributed by atoms with E-state index in [-0.39, 0.29) is 18.3 Å². The van der Waals surface area contributed by atoms with E-state index in [1.807, 2.05) is 54.6 Å². The number of fused-ring (bicyclic) bond motifs is 1. The van der Waals surface area contributed by atoms with Crippen LogP contribution in [-0.2, 0) is 4.74 Å². The van der Waals surface area contributed by atoms with Crippen molar-refractivity contribution in [2.45, 2.75) is 19.4 Å². The average molecular weight is 526 g/mol. The van der Waals surface area contributed by atoms with Gasteiger partial charge in [-0.25, -0.2) is 4.52 Å². The lowest BCUT2D eigenvalue weighted by Gasteiger charge is -2.30. The normalized spacial score (nSPS) is 16.1. The molecule has 0 spiro atoms. The highest BCUT2D eigenvalue weighted by Crippen LogP contribution is 2.31. The first-order valence-electron chi connectivity index (χ1n) is 12.3. The number of nitriles is 1. The number of anilines is 2. The molecule has 0 bridgehead atoms. The van der Waals surface area contributed by atoms with Gasteiger partial charge in [0.1, 0.15) is 23.4 Å². The predicted octanol–water partition coefficient (Wildman–Crippen LogP) is 4.03. The number of carbonyl (C=O) groups excluding carboxylic acids is 1. The maximum atomic E-state index is 13.1. The van der Waals surface area contributed by atoms with Crippen LogP contribution in [0.3, 0.4) is 0 Å². The van der Waals surface area contributed by atoms with Crippen LogP contribution >= 0.6 is 0 Å². The summed E-state index contributed by atoms with van der Waals surface area (Å²) in [6.07, 6.45) is 3.18. The zero-order valence-corrected chi connectivity index (χ0v) is 21.2. The second-order valence-corrected chi connectivity index (χ2v) is 9.07. The molecule has 11 heteroatoms. The van der Waals surface area contributed by atoms with Gasteiger partial charge in [0.2, 0.25) is 0 Å². The molecular formula is C28H27N7O4. The van der Waals surface area contributed by atoms with Gasteiger partial charge in [0.05, 0.1) is 47.8 Å². The Hall–Kier alpha value is -4.76. The van der Waals surface area contributed by atoms with Crippen molar-refractivity contribution >= 4 is 28.6 Å². The molecule has 2 aromatic carbocycles. The molecule has 1 saturated heterocycles. The molecule has 0 aliphatic carbocycles. The molecule has 11 nitrogen and oxygen atoms in total. The van der Waals surface area contributed by atoms with Crippen molar-refractivity contribution in [3.63, 3.8) is 0 Å². The summed E-state index contributed by atoms with van der Waals surface area (Å²) in [6.45, 7) is 2.86. The number of aromatic nitrogens is 2. The monoisotopic (exact) mass is 525 g/mol. The quantitative estimate of drug-likeness (QED) is 0.240. The van der Waals surface area contributed by atoms with Crippen LogP contribution in [-0.4, -0.2) is 57.4 Å². The van der Waals surface area contributed by atoms with Crippen LogP contribution in [0.4, 0.5) is 11.4 Å². The van der Waals surface area contributed by atoms with Crippen molar-refractivity contribution in [2.75, 3.05) is 25.1 Å². The molecule has 1 amide bonds. The van der Waals surface area contributed by atoms with Gasteiger partial charge in [-0.1, -0.05) is 18.2 Å². The smallest absolute Gasteiger partial charge is 0.280 e. The number of amides is 1. The van der Waals surface area contributed by atoms with Crippen molar-refractivity contribution in [1.29, 1.82) is 5.26 Å². The molecule has 1 aliphatic rings. The number of benzene rings is 2. The third-order valence-electron chi connectivity index (χ3n) is 6.40. The maximum absolute atomic E-state index is 13.1. The van der Waals surface area contributed by atoms with Crippen molar-refractivity contribution in [1.82, 2.24) is 14.7 Å². The molecule has 2 aromatic heterocycles. The number of para-hydroxylation sites is 1. The number of hydroxylamine groups is 2. The van der Waals surface area contributed by atoms with Crippen LogP contribution in [0.25, 0.3) is 5.52 Å². The second kappa shape index (κ2) is 11.3. The number of rotatable bonds is 7. The molecule has 5 rings (SSSR count). The summed E-state index contributed by atoms with van der Waals surface area (Å²) in [5, 5.41) is 28.5. The van der Waals surface area contributed by atoms with Gasteiger partial charge in [-0.3, -0.25) is 4.79 Å². The number of hydrogen-bond acceptors (Lipinski definition) is 8. The number of hydrogen-bond donors (Lipinski definition) is 3. The van der Waals surface area contributed by atoms with Crippen LogP contribution in [0.5, 0.6) is 11.5 Å². The Morgan fingerprint density at radius 2 is 2.00 bits per heavy atom. The zero-order valence-electron chi connectivity index (χ0n) is 21.2. The van der Waals surface area contributed by atoms with Gasteiger partial charge in [0, 0.05) is 24.8 Å². The first-order valence-corrected chi connectivity index (χ1v) is 12.3. The van der Waals surface area contributed by atoms with Crippen LogP contribution in [0.1, 0.15) is 27.9 Å². The van der Waals surface area contributed by atoms with Gasteiger partial charge in [-0.2, -0.15) is 20.4 Å². The lowest BCUT2D eigenvalue weighted by molar-refractivity contribution is -0.178. The number of morpholine rings is 1. The maximum Gasteiger partial charge on any atom is 0.280 e. The Morgan fingerprint density at radius 1 is 1.26 bits per heavy atom. The SMILES string of the molecule is Cc1c(C(=O)N=C(N)CC2COCCN2O)cn2ncc(C#N)c(Nc3ccc(Oc4ccccc4)cc3)c12. The molecule has 198 valence electrons. The Kier molecular flexibility index (Phi) is 7.51. The lowest BCUT2D eigenvalue weighted by atomic mass is 10.1. The largest absolute Gasteiger partial charge is 0.457 e. The van der Waals surface area contributed by atoms with Gasteiger partial charge in [-0.05, 0) is 48.9 Å². The summed E-state index contributed by atoms with van der Waals surface area (Å²) >= 11 is 0. The number of carbonyl (C=O) groups is 1. The van der Waals surface area contributed by atoms with Crippen LogP contribution < -0.4 is 15.8 Å². The van der Waals surface area contributed by atoms with E-state index < -0.39 is 5.91 Å². The van der Waals surface area contributed by atoms with Crippen LogP contribution in [0, 0.1) is 18.3 Å². The zero-order chi connectivity index (χ0) is 27.4. The molecule has 39 heavy (non-hydrogen) atoms. The third-order valence-corrected chi connectivity index (χ3v) is 6.40. The first kappa shape index (κ1) is 25.9. The van der Waals surface area contributed by atoms with Crippen molar-refractivity contribution in [3.8, 4) is 17.6 Å². The highest BCUT2D eigenvalue weighted by atomic mass is 16.5. The molecule has 4 N–H and O–H groups in total. The Balaban J connectivity index is 1.40. The van der Waals surface area contributed by atoms with Crippen molar-refractivity contribution in [3.05, 3.63) is 83.7 Å². The number of nitrogens with zero attached hydrogens (tertiary/aromatic N) is 5. The topological polar surface area (TPSA) is 150 Å². The number of aliphatic imine (C=N–C) groups is 1. The lowest BCUT2D eigenvalue weighted by Crippen LogP contribution is -2.45. The number of nitrogens with two attached hydrogens (primary N) is 1. The molecule has 1 fully saturated rings. The van der Waals surface area contributed by atoms with Crippen molar-refractivity contribution < 1.29 is 19.5 Å². The van der Waals surface area contributed by atoms with E-state index in [4.69, 9.17) is 15.2 Å². The third kappa shape index (κ3) is 5.73. The van der Waals surface area contributed by atoms with Crippen LogP contribution in [0.2, 0.25) is 0 Å². The van der Waals surface area contributed by atoms with Crippen molar-refractivity contribution in [2.24, 2.45) is 10.7 Å². The molecule has 1 atom stereocenters. The molecular weight excluding hydrogens is 498 g/mol. The fraction of sp³-hybridized carbons (Fsp3) is 0.214. The van der Waals surface area contributed by atoms with Gasteiger partial charge >= 0.3 is 0 Å². The molecule has 4 aromatic rings. The second-order valence-electron chi connectivity index (χ2n) is 9.07. The van der Waals surface area contributed by atoms with E-state index in [2.05, 4.69) is 21.5 Å². The minimum Gasteiger partial charge on any atom is -0.457 e. The molecule has 1 unspecified atom stereocenters. The van der Waals surface area contributed by atoms with Gasteiger partial charge in [-0.15, -0.1) is 0 Å². The summed E-state index contributed by atoms with van der Waals surface area (Å²) in [6, 6.07) is 18.6. The Labute approximate surface area is 224 Å². The van der Waals surface area contributed by atoms with E-state index in [0.29, 0.717) is 53.4 Å². The number of amidine groups is 1. The van der Waals surface area contributed by atoms with E-state index in [0.717, 1.165) is 16.5 Å². The summed E-state index contributed by atoms with van der Waals surface area (Å²) in [5.41, 5.74) is 9.04. The molecule has 3 heterocycles. The Morgan fingerprint density at radius 3 is 2.72 bits per heavy atom. The molecule has 0 saturated carbocycles. The van der Waals surface area contributed by atoms with Gasteiger partial charge < -0.3 is 25.7 Å². The number of ether oxygens (including phenoxy) is 2. The summed E-state index contributed by atoms with van der Waals surface area (Å²) in [5.74, 6) is 0.943. The highest BCUT2D eigenvalue weighted by molar-refractivity contribution is 6.06. The van der Waals surface area contributed by atoms with E-state index in [9.17, 15) is 15.3 Å². The minimum absolute atomic E-state index is 0.0889. The van der Waals surface area contributed by atoms with E-state index in [1.54, 1.807) is 13.1 Å². The predicted molar refractivity (Wildman–Crippen MR) is 145 cm³/mol.